The molecule has 0 aliphatic heterocycles. The first-order valence-corrected chi connectivity index (χ1v) is 5.50. The predicted molar refractivity (Wildman–Crippen MR) is 61.3 cm³/mol. The molecule has 0 amide bonds. The minimum Gasteiger partial charge on any atom is -0.488 e. The van der Waals surface area contributed by atoms with Crippen LogP contribution in [0.5, 0.6) is 5.75 Å². The quantitative estimate of drug-likeness (QED) is 0.786. The second kappa shape index (κ2) is 6.90. The van der Waals surface area contributed by atoms with Crippen molar-refractivity contribution in [3.05, 3.63) is 29.8 Å². The van der Waals surface area contributed by atoms with E-state index in [0.29, 0.717) is 0 Å². The molecule has 1 rings (SSSR count). The van der Waals surface area contributed by atoms with E-state index >= 15 is 0 Å². The predicted octanol–water partition coefficient (Wildman–Crippen LogP) is 1.49. The Labute approximate surface area is 104 Å². The molecule has 0 radical (unpaired) electrons. The molecule has 18 heavy (non-hydrogen) atoms. The number of esters is 1. The van der Waals surface area contributed by atoms with Gasteiger partial charge in [0.05, 0.1) is 6.61 Å². The number of likely N-dealkylation sites (N-methyl/N-ethyl adjacent to an activating group) is 1. The zero-order chi connectivity index (χ0) is 13.5. The maximum Gasteiger partial charge on any atom is 0.326 e. The third-order valence-electron chi connectivity index (χ3n) is 2.22. The Morgan fingerprint density at radius 2 is 2.17 bits per heavy atom. The summed E-state index contributed by atoms with van der Waals surface area (Å²) >= 11 is 0. The average Bonchev–Trinajstić information content (AvgIpc) is 2.34. The van der Waals surface area contributed by atoms with Gasteiger partial charge >= 0.3 is 5.97 Å². The van der Waals surface area contributed by atoms with Crippen molar-refractivity contribution in [2.24, 2.45) is 0 Å². The van der Waals surface area contributed by atoms with Gasteiger partial charge in [-0.2, -0.15) is 0 Å². The minimum absolute atomic E-state index is 0.143. The van der Waals surface area contributed by atoms with Gasteiger partial charge in [0.15, 0.2) is 11.6 Å². The number of ether oxygens (including phenoxy) is 2. The normalized spacial score (nSPS) is 12.0. The van der Waals surface area contributed by atoms with Crippen molar-refractivity contribution in [3.8, 4) is 5.75 Å². The van der Waals surface area contributed by atoms with E-state index in [2.05, 4.69) is 5.32 Å². The summed E-state index contributed by atoms with van der Waals surface area (Å²) in [5.41, 5.74) is 0. The van der Waals surface area contributed by atoms with Crippen molar-refractivity contribution in [1.29, 1.82) is 0 Å². The van der Waals surface area contributed by atoms with Crippen LogP contribution in [0.25, 0.3) is 0 Å². The van der Waals surface area contributed by atoms with Gasteiger partial charge in [-0.15, -0.1) is 0 Å². The standard InChI is InChI=1S/C12H15F2NO3/c1-3-17-12(16)10(15-2)7-18-11-6-8(13)4-5-9(11)14/h4-6,10,15H,3,7H2,1-2H3. The van der Waals surface area contributed by atoms with E-state index in [0.717, 1.165) is 18.2 Å². The Balaban J connectivity index is 2.62. The van der Waals surface area contributed by atoms with Gasteiger partial charge in [0, 0.05) is 6.07 Å². The van der Waals surface area contributed by atoms with E-state index in [1.54, 1.807) is 14.0 Å². The van der Waals surface area contributed by atoms with Crippen LogP contribution in [0.2, 0.25) is 0 Å². The first-order chi connectivity index (χ1) is 8.58. The molecule has 1 atom stereocenters. The second-order valence-electron chi connectivity index (χ2n) is 3.48. The molecule has 0 fully saturated rings. The number of hydrogen-bond donors (Lipinski definition) is 1. The van der Waals surface area contributed by atoms with Crippen molar-refractivity contribution < 1.29 is 23.0 Å². The molecule has 1 aromatic carbocycles. The molecular formula is C12H15F2NO3. The highest BCUT2D eigenvalue weighted by Crippen LogP contribution is 2.18. The number of hydrogen-bond acceptors (Lipinski definition) is 4. The Hall–Kier alpha value is -1.69. The molecule has 0 aromatic heterocycles. The van der Waals surface area contributed by atoms with Crippen LogP contribution in [0.3, 0.4) is 0 Å². The number of carbonyl (C=O) groups is 1. The zero-order valence-electron chi connectivity index (χ0n) is 10.2. The van der Waals surface area contributed by atoms with Crippen LogP contribution in [-0.4, -0.2) is 32.3 Å². The minimum atomic E-state index is -0.729. The van der Waals surface area contributed by atoms with Crippen LogP contribution in [0, 0.1) is 11.6 Å². The molecular weight excluding hydrogens is 244 g/mol. The molecule has 0 heterocycles. The third-order valence-corrected chi connectivity index (χ3v) is 2.22. The van der Waals surface area contributed by atoms with E-state index in [-0.39, 0.29) is 19.0 Å². The van der Waals surface area contributed by atoms with Gasteiger partial charge in [-0.3, -0.25) is 4.79 Å². The SMILES string of the molecule is CCOC(=O)C(COc1cc(F)ccc1F)NC. The fourth-order valence-electron chi connectivity index (χ4n) is 1.27. The van der Waals surface area contributed by atoms with Gasteiger partial charge < -0.3 is 14.8 Å². The third kappa shape index (κ3) is 3.96. The van der Waals surface area contributed by atoms with Crippen molar-refractivity contribution in [2.45, 2.75) is 13.0 Å². The first kappa shape index (κ1) is 14.4. The number of rotatable bonds is 6. The molecule has 0 aliphatic rings. The van der Waals surface area contributed by atoms with Gasteiger partial charge in [0.25, 0.3) is 0 Å². The Kier molecular flexibility index (Phi) is 5.51. The summed E-state index contributed by atoms with van der Waals surface area (Å²) in [7, 11) is 1.55. The van der Waals surface area contributed by atoms with Crippen LogP contribution < -0.4 is 10.1 Å². The lowest BCUT2D eigenvalue weighted by atomic mass is 10.3. The zero-order valence-corrected chi connectivity index (χ0v) is 10.2. The highest BCUT2D eigenvalue weighted by Gasteiger charge is 2.19. The molecule has 0 spiro atoms. The van der Waals surface area contributed by atoms with Crippen molar-refractivity contribution in [3.63, 3.8) is 0 Å². The maximum absolute atomic E-state index is 13.2. The number of halogens is 2. The smallest absolute Gasteiger partial charge is 0.326 e. The highest BCUT2D eigenvalue weighted by molar-refractivity contribution is 5.75. The summed E-state index contributed by atoms with van der Waals surface area (Å²) < 4.78 is 36.0. The molecule has 100 valence electrons. The molecule has 0 aliphatic carbocycles. The summed E-state index contributed by atoms with van der Waals surface area (Å²) in [5.74, 6) is -2.03. The van der Waals surface area contributed by atoms with E-state index in [4.69, 9.17) is 9.47 Å². The van der Waals surface area contributed by atoms with E-state index in [1.165, 1.54) is 0 Å². The van der Waals surface area contributed by atoms with Crippen LogP contribution in [0.4, 0.5) is 8.78 Å². The molecule has 1 unspecified atom stereocenters. The Bertz CT molecular complexity index is 412. The van der Waals surface area contributed by atoms with Gasteiger partial charge in [0.1, 0.15) is 18.5 Å². The summed E-state index contributed by atoms with van der Waals surface area (Å²) in [6.45, 7) is 1.78. The summed E-state index contributed by atoms with van der Waals surface area (Å²) in [5, 5.41) is 2.68. The largest absolute Gasteiger partial charge is 0.488 e. The van der Waals surface area contributed by atoms with Crippen molar-refractivity contribution >= 4 is 5.97 Å². The van der Waals surface area contributed by atoms with Gasteiger partial charge in [-0.1, -0.05) is 0 Å². The molecule has 4 nitrogen and oxygen atoms in total. The van der Waals surface area contributed by atoms with E-state index < -0.39 is 23.6 Å². The molecule has 0 bridgehead atoms. The fraction of sp³-hybridized carbons (Fsp3) is 0.417. The highest BCUT2D eigenvalue weighted by atomic mass is 19.1. The lowest BCUT2D eigenvalue weighted by Gasteiger charge is -2.15. The second-order valence-corrected chi connectivity index (χ2v) is 3.48. The number of nitrogens with one attached hydrogen (secondary N) is 1. The summed E-state index contributed by atoms with van der Waals surface area (Å²) in [4.78, 5) is 11.4. The van der Waals surface area contributed by atoms with Gasteiger partial charge in [0.2, 0.25) is 0 Å². The monoisotopic (exact) mass is 259 g/mol. The van der Waals surface area contributed by atoms with Crippen LogP contribution in [0.15, 0.2) is 18.2 Å². The topological polar surface area (TPSA) is 47.6 Å². The van der Waals surface area contributed by atoms with Crippen molar-refractivity contribution in [1.82, 2.24) is 5.32 Å². The van der Waals surface area contributed by atoms with Crippen LogP contribution in [0.1, 0.15) is 6.92 Å². The molecule has 0 saturated heterocycles. The Morgan fingerprint density at radius 3 is 2.78 bits per heavy atom. The average molecular weight is 259 g/mol. The van der Waals surface area contributed by atoms with Crippen molar-refractivity contribution in [2.75, 3.05) is 20.3 Å². The van der Waals surface area contributed by atoms with Crippen LogP contribution in [-0.2, 0) is 9.53 Å². The molecule has 1 N–H and O–H groups in total. The number of benzene rings is 1. The molecule has 1 aromatic rings. The lowest BCUT2D eigenvalue weighted by molar-refractivity contribution is -0.146. The molecule has 6 heteroatoms. The maximum atomic E-state index is 13.2. The summed E-state index contributed by atoms with van der Waals surface area (Å²) in [6.07, 6.45) is 0. The fourth-order valence-corrected chi connectivity index (χ4v) is 1.27. The van der Waals surface area contributed by atoms with Gasteiger partial charge in [-0.25, -0.2) is 8.78 Å². The Morgan fingerprint density at radius 1 is 1.44 bits per heavy atom. The van der Waals surface area contributed by atoms with Crippen LogP contribution >= 0.6 is 0 Å². The summed E-state index contributed by atoms with van der Waals surface area (Å²) in [6, 6.07) is 2.15. The number of carbonyl (C=O) groups excluding carboxylic acids is 1. The lowest BCUT2D eigenvalue weighted by Crippen LogP contribution is -2.40. The molecule has 0 saturated carbocycles. The first-order valence-electron chi connectivity index (χ1n) is 5.50. The van der Waals surface area contributed by atoms with Gasteiger partial charge in [-0.05, 0) is 26.1 Å². The van der Waals surface area contributed by atoms with E-state index in [1.807, 2.05) is 0 Å². The van der Waals surface area contributed by atoms with E-state index in [9.17, 15) is 13.6 Å².